The van der Waals surface area contributed by atoms with Crippen molar-refractivity contribution in [1.29, 1.82) is 0 Å². The van der Waals surface area contributed by atoms with E-state index in [0.717, 1.165) is 18.9 Å². The molecular formula is C13H17N3O5. The number of methoxy groups -OCH3 is 1. The number of hydrogen-bond donors (Lipinski definition) is 2. The van der Waals surface area contributed by atoms with Crippen molar-refractivity contribution in [1.82, 2.24) is 4.98 Å². The number of carbonyl (C=O) groups is 1. The second-order valence-electron chi connectivity index (χ2n) is 5.13. The number of anilines is 1. The molecule has 0 amide bonds. The number of nitrogens with one attached hydrogen (secondary N) is 1. The molecule has 0 saturated heterocycles. The minimum Gasteiger partial charge on any atom is -0.465 e. The second-order valence-corrected chi connectivity index (χ2v) is 5.13. The highest BCUT2D eigenvalue weighted by Gasteiger charge is 2.31. The van der Waals surface area contributed by atoms with Gasteiger partial charge in [0.25, 0.3) is 0 Å². The third kappa shape index (κ3) is 3.46. The lowest BCUT2D eigenvalue weighted by Crippen LogP contribution is -2.33. The fourth-order valence-corrected chi connectivity index (χ4v) is 2.42. The van der Waals surface area contributed by atoms with Gasteiger partial charge in [-0.1, -0.05) is 12.8 Å². The topological polar surface area (TPSA) is 115 Å². The summed E-state index contributed by atoms with van der Waals surface area (Å²) in [7, 11) is 1.19. The molecule has 1 aromatic rings. The van der Waals surface area contributed by atoms with Crippen molar-refractivity contribution in [2.45, 2.75) is 31.3 Å². The summed E-state index contributed by atoms with van der Waals surface area (Å²) in [5, 5.41) is 24.1. The molecule has 0 aliphatic heterocycles. The van der Waals surface area contributed by atoms with Crippen LogP contribution in [0.5, 0.6) is 0 Å². The van der Waals surface area contributed by atoms with Gasteiger partial charge in [-0.3, -0.25) is 10.1 Å². The predicted molar refractivity (Wildman–Crippen MR) is 74.1 cm³/mol. The quantitative estimate of drug-likeness (QED) is 0.480. The molecule has 2 rings (SSSR count). The zero-order chi connectivity index (χ0) is 15.5. The molecule has 0 spiro atoms. The van der Waals surface area contributed by atoms with Gasteiger partial charge in [0.2, 0.25) is 5.82 Å². The third-order valence-corrected chi connectivity index (χ3v) is 3.60. The van der Waals surface area contributed by atoms with Crippen molar-refractivity contribution in [3.63, 3.8) is 0 Å². The van der Waals surface area contributed by atoms with Crippen LogP contribution >= 0.6 is 0 Å². The van der Waals surface area contributed by atoms with Crippen molar-refractivity contribution in [3.05, 3.63) is 27.9 Å². The fourth-order valence-electron chi connectivity index (χ4n) is 2.42. The number of nitro groups is 1. The van der Waals surface area contributed by atoms with Gasteiger partial charge in [0, 0.05) is 18.8 Å². The van der Waals surface area contributed by atoms with E-state index in [1.165, 1.54) is 13.3 Å². The summed E-state index contributed by atoms with van der Waals surface area (Å²) >= 11 is 0. The third-order valence-electron chi connectivity index (χ3n) is 3.60. The van der Waals surface area contributed by atoms with Crippen molar-refractivity contribution in [3.8, 4) is 0 Å². The number of aliphatic hydroxyl groups is 1. The largest absolute Gasteiger partial charge is 0.465 e. The van der Waals surface area contributed by atoms with Crippen LogP contribution in [0.25, 0.3) is 0 Å². The van der Waals surface area contributed by atoms with Crippen molar-refractivity contribution in [2.75, 3.05) is 19.0 Å². The molecule has 1 saturated carbocycles. The Kier molecular flexibility index (Phi) is 4.37. The average Bonchev–Trinajstić information content (AvgIpc) is 2.91. The highest BCUT2D eigenvalue weighted by atomic mass is 16.6. The standard InChI is InChI=1S/C13H17N3O5/c1-21-12(17)9-6-10(16(19)20)11(14-7-9)15-8-13(18)4-2-3-5-13/h6-7,18H,2-5,8H2,1H3,(H,14,15). The van der Waals surface area contributed by atoms with E-state index in [0.29, 0.717) is 12.8 Å². The van der Waals surface area contributed by atoms with Crippen LogP contribution in [0.2, 0.25) is 0 Å². The van der Waals surface area contributed by atoms with Crippen LogP contribution in [0.15, 0.2) is 12.3 Å². The number of aromatic nitrogens is 1. The Bertz CT molecular complexity index is 555. The number of rotatable bonds is 5. The Morgan fingerprint density at radius 1 is 1.57 bits per heavy atom. The van der Waals surface area contributed by atoms with Crippen LogP contribution in [0, 0.1) is 10.1 Å². The molecule has 1 heterocycles. The van der Waals surface area contributed by atoms with Gasteiger partial charge >= 0.3 is 11.7 Å². The molecule has 0 aromatic carbocycles. The number of carbonyl (C=O) groups excluding carboxylic acids is 1. The minimum absolute atomic E-state index is 0.00864. The van der Waals surface area contributed by atoms with Crippen LogP contribution in [-0.2, 0) is 4.74 Å². The first-order valence-electron chi connectivity index (χ1n) is 6.64. The first-order chi connectivity index (χ1) is 9.95. The Labute approximate surface area is 121 Å². The molecule has 0 bridgehead atoms. The lowest BCUT2D eigenvalue weighted by molar-refractivity contribution is -0.384. The highest BCUT2D eigenvalue weighted by Crippen LogP contribution is 2.31. The number of pyridine rings is 1. The molecule has 1 fully saturated rings. The monoisotopic (exact) mass is 295 g/mol. The highest BCUT2D eigenvalue weighted by molar-refractivity contribution is 5.90. The lowest BCUT2D eigenvalue weighted by atomic mass is 10.0. The van der Waals surface area contributed by atoms with Gasteiger partial charge < -0.3 is 15.2 Å². The molecule has 1 aliphatic carbocycles. The minimum atomic E-state index is -0.851. The smallest absolute Gasteiger partial charge is 0.339 e. The van der Waals surface area contributed by atoms with Gasteiger partial charge in [-0.15, -0.1) is 0 Å². The molecule has 2 N–H and O–H groups in total. The van der Waals surface area contributed by atoms with E-state index in [-0.39, 0.29) is 23.6 Å². The molecule has 8 heteroatoms. The zero-order valence-electron chi connectivity index (χ0n) is 11.7. The number of esters is 1. The average molecular weight is 295 g/mol. The van der Waals surface area contributed by atoms with Crippen LogP contribution < -0.4 is 5.32 Å². The Hall–Kier alpha value is -2.22. The van der Waals surface area contributed by atoms with E-state index < -0.39 is 16.5 Å². The van der Waals surface area contributed by atoms with Gasteiger partial charge in [-0.2, -0.15) is 0 Å². The first kappa shape index (κ1) is 15.2. The van der Waals surface area contributed by atoms with Crippen molar-refractivity contribution in [2.24, 2.45) is 0 Å². The van der Waals surface area contributed by atoms with E-state index in [2.05, 4.69) is 15.0 Å². The Morgan fingerprint density at radius 2 is 2.24 bits per heavy atom. The maximum atomic E-state index is 11.4. The Balaban J connectivity index is 2.18. The summed E-state index contributed by atoms with van der Waals surface area (Å²) < 4.78 is 4.51. The molecular weight excluding hydrogens is 278 g/mol. The van der Waals surface area contributed by atoms with E-state index in [1.54, 1.807) is 0 Å². The van der Waals surface area contributed by atoms with E-state index in [9.17, 15) is 20.0 Å². The molecule has 1 aliphatic rings. The van der Waals surface area contributed by atoms with Crippen molar-refractivity contribution < 1.29 is 19.6 Å². The molecule has 8 nitrogen and oxygen atoms in total. The van der Waals surface area contributed by atoms with Gasteiger partial charge in [0.1, 0.15) is 0 Å². The van der Waals surface area contributed by atoms with Crippen molar-refractivity contribution >= 4 is 17.5 Å². The predicted octanol–water partition coefficient (Wildman–Crippen LogP) is 1.49. The van der Waals surface area contributed by atoms with Crippen LogP contribution in [0.3, 0.4) is 0 Å². The van der Waals surface area contributed by atoms with E-state index in [1.807, 2.05) is 0 Å². The van der Waals surface area contributed by atoms with Crippen LogP contribution in [0.1, 0.15) is 36.0 Å². The first-order valence-corrected chi connectivity index (χ1v) is 6.64. The molecule has 0 radical (unpaired) electrons. The summed E-state index contributed by atoms with van der Waals surface area (Å²) in [5.74, 6) is -0.653. The molecule has 114 valence electrons. The Morgan fingerprint density at radius 3 is 2.81 bits per heavy atom. The molecule has 21 heavy (non-hydrogen) atoms. The summed E-state index contributed by atoms with van der Waals surface area (Å²) in [6.07, 6.45) is 4.41. The summed E-state index contributed by atoms with van der Waals surface area (Å²) in [5.41, 5.74) is -1.16. The van der Waals surface area contributed by atoms with Gasteiger partial charge in [-0.05, 0) is 12.8 Å². The van der Waals surface area contributed by atoms with Gasteiger partial charge in [0.15, 0.2) is 0 Å². The normalized spacial score (nSPS) is 16.5. The molecule has 1 aromatic heterocycles. The van der Waals surface area contributed by atoms with Gasteiger partial charge in [0.05, 0.1) is 23.2 Å². The molecule has 0 unspecified atom stereocenters. The van der Waals surface area contributed by atoms with E-state index >= 15 is 0 Å². The van der Waals surface area contributed by atoms with E-state index in [4.69, 9.17) is 0 Å². The zero-order valence-corrected chi connectivity index (χ0v) is 11.7. The second kappa shape index (κ2) is 6.04. The number of ether oxygens (including phenoxy) is 1. The molecule has 0 atom stereocenters. The summed E-state index contributed by atoms with van der Waals surface area (Å²) in [6, 6.07) is 1.11. The maximum Gasteiger partial charge on any atom is 0.339 e. The van der Waals surface area contributed by atoms with Crippen LogP contribution in [0.4, 0.5) is 11.5 Å². The number of hydrogen-bond acceptors (Lipinski definition) is 7. The summed E-state index contributed by atoms with van der Waals surface area (Å²) in [6.45, 7) is 0.193. The van der Waals surface area contributed by atoms with Crippen LogP contribution in [-0.4, -0.2) is 40.2 Å². The van der Waals surface area contributed by atoms with Gasteiger partial charge in [-0.25, -0.2) is 9.78 Å². The maximum absolute atomic E-state index is 11.4. The summed E-state index contributed by atoms with van der Waals surface area (Å²) in [4.78, 5) is 25.7. The number of nitrogens with zero attached hydrogens (tertiary/aromatic N) is 2. The lowest BCUT2D eigenvalue weighted by Gasteiger charge is -2.22. The SMILES string of the molecule is COC(=O)c1cnc(NCC2(O)CCCC2)c([N+](=O)[O-])c1. The fraction of sp³-hybridized carbons (Fsp3) is 0.538.